The Morgan fingerprint density at radius 1 is 1.57 bits per heavy atom. The topological polar surface area (TPSA) is 48.2 Å². The molecule has 0 unspecified atom stereocenters. The second kappa shape index (κ2) is 1.33. The third-order valence-corrected chi connectivity index (χ3v) is 0.657. The Morgan fingerprint density at radius 2 is 2.29 bits per heavy atom. The molecule has 7 heavy (non-hydrogen) atoms. The molecule has 0 aromatic heterocycles. The van der Waals surface area contributed by atoms with Gasteiger partial charge in [0.15, 0.2) is 0 Å². The van der Waals surface area contributed by atoms with Gasteiger partial charge in [0.25, 0.3) is 0 Å². The van der Waals surface area contributed by atoms with Crippen molar-refractivity contribution in [3.63, 3.8) is 0 Å². The number of hydrogen-bond donors (Lipinski definition) is 0. The minimum atomic E-state index is -0.667. The van der Waals surface area contributed by atoms with E-state index >= 15 is 0 Å². The van der Waals surface area contributed by atoms with Gasteiger partial charge in [-0.1, -0.05) is 0 Å². The molecule has 3 radical (unpaired) electrons. The predicted molar refractivity (Wildman–Crippen MR) is 20.3 cm³/mol. The summed E-state index contributed by atoms with van der Waals surface area (Å²) in [5.74, 6) is -1.26. The summed E-state index contributed by atoms with van der Waals surface area (Å²) in [5.41, 5.74) is 0. The summed E-state index contributed by atoms with van der Waals surface area (Å²) in [6.07, 6.45) is 2.21. The van der Waals surface area contributed by atoms with Crippen LogP contribution in [0.15, 0.2) is 0 Å². The van der Waals surface area contributed by atoms with Crippen molar-refractivity contribution in [1.29, 1.82) is 0 Å². The fourth-order valence-corrected chi connectivity index (χ4v) is 0.331. The van der Waals surface area contributed by atoms with Crippen LogP contribution in [0, 0.1) is 6.42 Å². The van der Waals surface area contributed by atoms with Crippen molar-refractivity contribution in [2.75, 3.05) is 6.54 Å². The Labute approximate surface area is 40.7 Å². The van der Waals surface area contributed by atoms with E-state index in [0.717, 1.165) is 0 Å². The van der Waals surface area contributed by atoms with Crippen LogP contribution >= 0.6 is 0 Å². The Kier molecular flexibility index (Phi) is 0.817. The van der Waals surface area contributed by atoms with Gasteiger partial charge < -0.3 is 0 Å². The second-order valence-corrected chi connectivity index (χ2v) is 1.13. The van der Waals surface area contributed by atoms with Crippen molar-refractivity contribution in [3.05, 3.63) is 6.42 Å². The molecule has 1 aliphatic heterocycles. The van der Waals surface area contributed by atoms with Crippen molar-refractivity contribution in [2.24, 2.45) is 0 Å². The number of ketones is 1. The minimum absolute atomic E-state index is 0.150. The van der Waals surface area contributed by atoms with Crippen LogP contribution in [0.3, 0.4) is 0 Å². The molecule has 0 aromatic carbocycles. The molecular weight excluding hydrogens is 94.0 g/mol. The van der Waals surface area contributed by atoms with Gasteiger partial charge in [-0.3, -0.25) is 9.59 Å². The summed E-state index contributed by atoms with van der Waals surface area (Å²) in [6.45, 7) is 0.150. The van der Waals surface area contributed by atoms with Gasteiger partial charge in [0.2, 0.25) is 5.78 Å². The number of Topliss-reactive ketones (excluding diaryl/α,β-unsaturated/α-hetero) is 1. The molecule has 0 bridgehead atoms. The number of rotatable bonds is 0. The number of carbonyl (C=O) groups is 2. The van der Waals surface area contributed by atoms with Crippen LogP contribution in [-0.4, -0.2) is 18.2 Å². The van der Waals surface area contributed by atoms with Crippen molar-refractivity contribution in [2.45, 2.75) is 0 Å². The lowest BCUT2D eigenvalue weighted by atomic mass is 10.3. The van der Waals surface area contributed by atoms with Crippen molar-refractivity contribution in [3.8, 4) is 0 Å². The van der Waals surface area contributed by atoms with Crippen LogP contribution in [-0.2, 0) is 9.59 Å². The van der Waals surface area contributed by atoms with E-state index in [2.05, 4.69) is 11.7 Å². The van der Waals surface area contributed by atoms with Crippen LogP contribution < -0.4 is 5.32 Å². The maximum absolute atomic E-state index is 10.0. The average molecular weight is 96.1 g/mol. The maximum Gasteiger partial charge on any atom is 0.309 e. The quantitative estimate of drug-likeness (QED) is 0.355. The molecule has 0 atom stereocenters. The van der Waals surface area contributed by atoms with E-state index in [4.69, 9.17) is 0 Å². The number of hydrogen-bond acceptors (Lipinski definition) is 2. The summed E-state index contributed by atoms with van der Waals surface area (Å²) in [7, 11) is 0. The van der Waals surface area contributed by atoms with Gasteiger partial charge >= 0.3 is 5.91 Å². The summed E-state index contributed by atoms with van der Waals surface area (Å²) in [5, 5.41) is 3.22. The van der Waals surface area contributed by atoms with Crippen molar-refractivity contribution in [1.82, 2.24) is 5.32 Å². The number of carbonyl (C=O) groups excluding carboxylic acids is 2. The Bertz CT molecular complexity index is 105. The van der Waals surface area contributed by atoms with Crippen LogP contribution in [0.2, 0.25) is 0 Å². The van der Waals surface area contributed by atoms with Gasteiger partial charge in [0, 0.05) is 0 Å². The van der Waals surface area contributed by atoms with Gasteiger partial charge in [-0.25, -0.2) is 5.32 Å². The third-order valence-electron chi connectivity index (χ3n) is 0.657. The van der Waals surface area contributed by atoms with Gasteiger partial charge in [-0.15, -0.1) is 0 Å². The smallest absolute Gasteiger partial charge is 0.288 e. The molecular formula is C4H2NO2. The SMILES string of the molecule is O=C1[C]C[N]C1=O. The van der Waals surface area contributed by atoms with E-state index in [9.17, 15) is 9.59 Å². The van der Waals surface area contributed by atoms with Crippen LogP contribution in [0.25, 0.3) is 0 Å². The zero-order valence-corrected chi connectivity index (χ0v) is 3.47. The molecule has 0 aliphatic carbocycles. The zero-order valence-electron chi connectivity index (χ0n) is 3.47. The summed E-state index contributed by atoms with van der Waals surface area (Å²) in [6, 6.07) is 0. The zero-order chi connectivity index (χ0) is 5.28. The predicted octanol–water partition coefficient (Wildman–Crippen LogP) is -1.22. The lowest BCUT2D eigenvalue weighted by Gasteiger charge is -1.73. The lowest BCUT2D eigenvalue weighted by molar-refractivity contribution is -0.134. The first-order valence-corrected chi connectivity index (χ1v) is 1.80. The van der Waals surface area contributed by atoms with Gasteiger partial charge in [-0.2, -0.15) is 0 Å². The average Bonchev–Trinajstić information content (AvgIpc) is 1.91. The first kappa shape index (κ1) is 4.30. The number of amides is 1. The Balaban J connectivity index is 2.65. The molecule has 35 valence electrons. The van der Waals surface area contributed by atoms with Crippen LogP contribution in [0.1, 0.15) is 0 Å². The largest absolute Gasteiger partial charge is 0.309 e. The minimum Gasteiger partial charge on any atom is -0.288 e. The van der Waals surface area contributed by atoms with E-state index in [1.807, 2.05) is 0 Å². The maximum atomic E-state index is 10.0. The molecule has 1 amide bonds. The third kappa shape index (κ3) is 0.607. The highest BCUT2D eigenvalue weighted by molar-refractivity contribution is 6.41. The second-order valence-electron chi connectivity index (χ2n) is 1.13. The highest BCUT2D eigenvalue weighted by Gasteiger charge is 2.22. The molecule has 1 saturated heterocycles. The van der Waals surface area contributed by atoms with Crippen molar-refractivity contribution >= 4 is 11.7 Å². The van der Waals surface area contributed by atoms with Gasteiger partial charge in [-0.05, 0) is 0 Å². The summed E-state index contributed by atoms with van der Waals surface area (Å²) < 4.78 is 0. The molecule has 1 rings (SSSR count). The highest BCUT2D eigenvalue weighted by atomic mass is 16.2. The van der Waals surface area contributed by atoms with Gasteiger partial charge in [0.05, 0.1) is 13.0 Å². The Hall–Kier alpha value is -0.860. The first-order chi connectivity index (χ1) is 3.30. The lowest BCUT2D eigenvalue weighted by Crippen LogP contribution is -2.11. The molecule has 3 heteroatoms. The molecule has 0 aromatic rings. The normalized spacial score (nSPS) is 20.0. The van der Waals surface area contributed by atoms with E-state index in [0.29, 0.717) is 0 Å². The molecule has 0 saturated carbocycles. The van der Waals surface area contributed by atoms with E-state index < -0.39 is 11.7 Å². The Morgan fingerprint density at radius 3 is 2.43 bits per heavy atom. The molecule has 1 aliphatic rings. The fourth-order valence-electron chi connectivity index (χ4n) is 0.331. The summed E-state index contributed by atoms with van der Waals surface area (Å²) in [4.78, 5) is 20.0. The standard InChI is InChI=1S/C4H2NO2/c6-3-1-2-5-4(3)7/h2H2. The van der Waals surface area contributed by atoms with Crippen LogP contribution in [0.4, 0.5) is 0 Å². The number of nitrogens with zero attached hydrogens (tertiary/aromatic N) is 1. The van der Waals surface area contributed by atoms with Gasteiger partial charge in [0.1, 0.15) is 0 Å². The fraction of sp³-hybridized carbons (Fsp3) is 0.250. The van der Waals surface area contributed by atoms with E-state index in [1.165, 1.54) is 0 Å². The first-order valence-electron chi connectivity index (χ1n) is 1.80. The highest BCUT2D eigenvalue weighted by Crippen LogP contribution is 1.89. The van der Waals surface area contributed by atoms with E-state index in [-0.39, 0.29) is 6.54 Å². The molecule has 1 heterocycles. The van der Waals surface area contributed by atoms with E-state index in [1.54, 1.807) is 0 Å². The molecule has 0 N–H and O–H groups in total. The summed E-state index contributed by atoms with van der Waals surface area (Å²) >= 11 is 0. The molecule has 0 spiro atoms. The monoisotopic (exact) mass is 96.0 g/mol. The molecule has 1 fully saturated rings. The molecule has 3 nitrogen and oxygen atoms in total. The van der Waals surface area contributed by atoms with Crippen molar-refractivity contribution < 1.29 is 9.59 Å². The van der Waals surface area contributed by atoms with Crippen LogP contribution in [0.5, 0.6) is 0 Å².